The number of ether oxygens (including phenoxy) is 16. The zero-order chi connectivity index (χ0) is 80.8. The molecule has 8 saturated heterocycles. The van der Waals surface area contributed by atoms with E-state index in [1.54, 1.807) is 0 Å². The monoisotopic (exact) mass is 1600 g/mol. The average Bonchev–Trinajstić information content (AvgIpc) is 0.870. The SMILES string of the molecule is C[C@@H]1O[C@@H](O[C@@H]2[C@@H](O[C@@H]3O[C@@H](C)[C@H](O[C@@H]4OC[C@H](O)[C@H](O[C@@H]5OC[C@@H](O)[C@H](O)[C@H]5O)[C@H]4O)[C@@H](O[C@@H]4OC[C@](O)(CO)[C@H]4O)[C@H]3O)[C@H](OC(=O)[C@]34CCC(C)(C)C[C@@H]3C3=CC[C@@H]5[C@@]6(C)C[C@H](O)[C@H](O[C@@H]7O[C@H](CO[C@@H]8OC[C@H](O)[C@H](O)[C@H]8O)[C@@H](O)[C@H](O)[C@H]7O)C(C)(C)[C@@H]6CC[C@@]5(C)[C@]3(C)C[C@H]4O)OC[C@H]2O)[C@H](O)[C@H](O)[C@H]1O. The van der Waals surface area contributed by atoms with E-state index < -0.39 is 311 Å². The fourth-order valence-electron chi connectivity index (χ4n) is 21.1. The summed E-state index contributed by atoms with van der Waals surface area (Å²) in [6.45, 7) is 12.9. The summed E-state index contributed by atoms with van der Waals surface area (Å²) >= 11 is 0. The molecule has 4 saturated carbocycles. The van der Waals surface area contributed by atoms with Crippen LogP contribution >= 0.6 is 0 Å². The Morgan fingerprint density at radius 3 is 1.64 bits per heavy atom. The zero-order valence-corrected chi connectivity index (χ0v) is 63.5. The van der Waals surface area contributed by atoms with Crippen molar-refractivity contribution in [1.82, 2.24) is 0 Å². The summed E-state index contributed by atoms with van der Waals surface area (Å²) in [6, 6.07) is 0. The smallest absolute Gasteiger partial charge is 0.317 e. The van der Waals surface area contributed by atoms with E-state index in [-0.39, 0.29) is 37.7 Å². The van der Waals surface area contributed by atoms with Crippen molar-refractivity contribution in [3.63, 3.8) is 0 Å². The molecule has 0 unspecified atom stereocenters. The molecule has 0 aromatic carbocycles. The van der Waals surface area contributed by atoms with Gasteiger partial charge >= 0.3 is 5.97 Å². The summed E-state index contributed by atoms with van der Waals surface area (Å²) in [6.07, 6.45) is -56.6. The number of hydrogen-bond donors (Lipinski definition) is 21. The lowest BCUT2D eigenvalue weighted by molar-refractivity contribution is -0.394. The lowest BCUT2D eigenvalue weighted by Gasteiger charge is -2.72. The number of fused-ring (bicyclic) bond motifs is 7. The lowest BCUT2D eigenvalue weighted by atomic mass is 9.33. The van der Waals surface area contributed by atoms with Crippen molar-refractivity contribution < 1.29 is 188 Å². The number of rotatable bonds is 18. The molecule has 8 aliphatic heterocycles. The Kier molecular flexibility index (Phi) is 25.3. The molecule has 12 fully saturated rings. The van der Waals surface area contributed by atoms with E-state index in [4.69, 9.17) is 75.8 Å². The van der Waals surface area contributed by atoms with Gasteiger partial charge in [-0.2, -0.15) is 0 Å². The van der Waals surface area contributed by atoms with E-state index in [1.165, 1.54) is 13.8 Å². The Morgan fingerprint density at radius 2 is 0.991 bits per heavy atom. The van der Waals surface area contributed by atoms with Crippen molar-refractivity contribution in [3.05, 3.63) is 11.6 Å². The second-order valence-corrected chi connectivity index (χ2v) is 35.7. The first kappa shape index (κ1) is 86.6. The van der Waals surface area contributed by atoms with Crippen LogP contribution in [0.1, 0.15) is 114 Å². The van der Waals surface area contributed by atoms with Gasteiger partial charge in [0.25, 0.3) is 0 Å². The molecule has 13 aliphatic rings. The highest BCUT2D eigenvalue weighted by atomic mass is 16.8. The fourth-order valence-corrected chi connectivity index (χ4v) is 21.1. The molecule has 0 radical (unpaired) electrons. The predicted octanol–water partition coefficient (Wildman–Crippen LogP) is -7.54. The van der Waals surface area contributed by atoms with Crippen molar-refractivity contribution in [2.75, 3.05) is 46.2 Å². The van der Waals surface area contributed by atoms with Crippen LogP contribution < -0.4 is 0 Å². The molecule has 0 amide bonds. The van der Waals surface area contributed by atoms with Crippen molar-refractivity contribution in [2.24, 2.45) is 50.2 Å². The van der Waals surface area contributed by atoms with Gasteiger partial charge in [0, 0.05) is 0 Å². The van der Waals surface area contributed by atoms with E-state index in [0.717, 1.165) is 5.57 Å². The molecule has 13 rings (SSSR count). The molecule has 638 valence electrons. The number of esters is 1. The van der Waals surface area contributed by atoms with E-state index >= 15 is 4.79 Å². The molecule has 5 aliphatic carbocycles. The van der Waals surface area contributed by atoms with Crippen LogP contribution in [0.3, 0.4) is 0 Å². The van der Waals surface area contributed by atoms with Crippen LogP contribution in [0.4, 0.5) is 0 Å². The first-order chi connectivity index (χ1) is 52.0. The molecular formula is C73H118O38. The van der Waals surface area contributed by atoms with Gasteiger partial charge in [0.1, 0.15) is 145 Å². The Morgan fingerprint density at radius 1 is 0.468 bits per heavy atom. The number of carbonyl (C=O) groups is 1. The standard InChI is InChI=1S/C73H118O38/c1-26-39(81)43(85)47(89)61(102-26)107-53-34(79)22-99-64(55(53)109-63-50(92)54(108-65-56(93)72(95,24-74)25-101-65)51(27(2)103-63)105-60-49(91)52(33(78)21-98-60)106-59-46(88)41(83)32(77)20-97-59)111-66(94)73-15-14-67(3,4)16-29(73)28-10-11-37-69(7)17-30(75)57(68(5,6)36(69)12-13-70(37,8)71(28,9)18-38(73)80)110-62-48(90)44(86)42(84)35(104-62)23-100-58-45(87)40(82)31(76)19-96-58/h10,26-27,29-65,74-93,95H,11-25H2,1-9H3/t26-,27-,29+,30-,31-,32+,33-,34+,35+,36-,37+,38+,39-,40-,41-,42+,43+,44-,45+,46+,47+,48+,49+,50+,51-,52-,53-,54-,55+,56-,57-,58-,59-,60-,61-,62-,63-,64-,65-,69-,70+,71+,72+,73+/m0/s1. The van der Waals surface area contributed by atoms with Gasteiger partial charge in [-0.05, 0) is 110 Å². The third-order valence-electron chi connectivity index (χ3n) is 27.9. The summed E-state index contributed by atoms with van der Waals surface area (Å²) in [5.41, 5.74) is -6.57. The van der Waals surface area contributed by atoms with E-state index in [9.17, 15) is 107 Å². The molecule has 38 nitrogen and oxygen atoms in total. The quantitative estimate of drug-likeness (QED) is 0.0344. The highest BCUT2D eigenvalue weighted by Crippen LogP contribution is 2.76. The molecular weight excluding hydrogens is 1480 g/mol. The van der Waals surface area contributed by atoms with Crippen molar-refractivity contribution >= 4 is 5.97 Å². The van der Waals surface area contributed by atoms with Gasteiger partial charge < -0.3 is 183 Å². The average molecular weight is 1600 g/mol. The van der Waals surface area contributed by atoms with Crippen molar-refractivity contribution in [3.8, 4) is 0 Å². The number of aliphatic hydroxyl groups excluding tert-OH is 20. The minimum absolute atomic E-state index is 0.0317. The van der Waals surface area contributed by atoms with Crippen LogP contribution in [-0.2, 0) is 80.6 Å². The first-order valence-electron chi connectivity index (χ1n) is 38.8. The van der Waals surface area contributed by atoms with E-state index in [2.05, 4.69) is 40.7 Å². The van der Waals surface area contributed by atoms with Crippen LogP contribution in [0.2, 0.25) is 0 Å². The minimum Gasteiger partial charge on any atom is -0.432 e. The molecule has 111 heavy (non-hydrogen) atoms. The summed E-state index contributed by atoms with van der Waals surface area (Å²) in [5, 5.41) is 235. The molecule has 0 bridgehead atoms. The third kappa shape index (κ3) is 15.2. The summed E-state index contributed by atoms with van der Waals surface area (Å²) in [7, 11) is 0. The van der Waals surface area contributed by atoms with Crippen LogP contribution in [0, 0.1) is 50.2 Å². The second kappa shape index (κ2) is 32.4. The third-order valence-corrected chi connectivity index (χ3v) is 27.9. The Labute approximate surface area is 640 Å². The molecule has 0 aromatic heterocycles. The Balaban J connectivity index is 0.775. The van der Waals surface area contributed by atoms with E-state index in [0.29, 0.717) is 32.1 Å². The van der Waals surface area contributed by atoms with Gasteiger partial charge in [0.2, 0.25) is 6.29 Å². The summed E-state index contributed by atoms with van der Waals surface area (Å²) in [5.74, 6) is -2.03. The minimum atomic E-state index is -2.31. The number of aliphatic hydroxyl groups is 21. The first-order valence-corrected chi connectivity index (χ1v) is 38.8. The molecule has 8 heterocycles. The maximum Gasteiger partial charge on any atom is 0.317 e. The van der Waals surface area contributed by atoms with E-state index in [1.807, 2.05) is 13.8 Å². The molecule has 44 atom stereocenters. The Hall–Kier alpha value is -2.23. The van der Waals surface area contributed by atoms with Crippen molar-refractivity contribution in [1.29, 1.82) is 0 Å². The number of allylic oxidation sites excluding steroid dienone is 2. The van der Waals surface area contributed by atoms with Crippen molar-refractivity contribution in [2.45, 2.75) is 341 Å². The van der Waals surface area contributed by atoms with Gasteiger partial charge in [0.15, 0.2) is 50.1 Å². The van der Waals surface area contributed by atoms with Gasteiger partial charge in [-0.15, -0.1) is 0 Å². The predicted molar refractivity (Wildman–Crippen MR) is 363 cm³/mol. The molecule has 21 N–H and O–H groups in total. The topological polar surface area (TPSA) is 590 Å². The van der Waals surface area contributed by atoms with Crippen LogP contribution in [-0.4, -0.2) is 386 Å². The van der Waals surface area contributed by atoms with Crippen LogP contribution in [0.5, 0.6) is 0 Å². The number of carbonyl (C=O) groups excluding carboxylic acids is 1. The molecule has 0 spiro atoms. The van der Waals surface area contributed by atoms with Gasteiger partial charge in [-0.25, -0.2) is 0 Å². The van der Waals surface area contributed by atoms with Crippen LogP contribution in [0.25, 0.3) is 0 Å². The molecule has 0 aromatic rings. The largest absolute Gasteiger partial charge is 0.432 e. The molecule has 38 heteroatoms. The highest BCUT2D eigenvalue weighted by Gasteiger charge is 2.73. The fraction of sp³-hybridized carbons (Fsp3) is 0.959. The normalized spacial score (nSPS) is 55.4. The summed E-state index contributed by atoms with van der Waals surface area (Å²) in [4.78, 5) is 16.2. The second-order valence-electron chi connectivity index (χ2n) is 35.7. The van der Waals surface area contributed by atoms with Crippen LogP contribution in [0.15, 0.2) is 11.6 Å². The van der Waals surface area contributed by atoms with Gasteiger partial charge in [-0.3, -0.25) is 4.79 Å². The van der Waals surface area contributed by atoms with Gasteiger partial charge in [-0.1, -0.05) is 60.1 Å². The zero-order valence-electron chi connectivity index (χ0n) is 63.5. The summed E-state index contributed by atoms with van der Waals surface area (Å²) < 4.78 is 96.7. The maximum absolute atomic E-state index is 16.2. The maximum atomic E-state index is 16.2. The van der Waals surface area contributed by atoms with Gasteiger partial charge in [0.05, 0.1) is 76.8 Å². The number of hydrogen-bond acceptors (Lipinski definition) is 38. The Bertz CT molecular complexity index is 3220. The lowest BCUT2D eigenvalue weighted by Crippen LogP contribution is -2.70. The highest BCUT2D eigenvalue weighted by molar-refractivity contribution is 5.80.